The number of rotatable bonds is 7. The first kappa shape index (κ1) is 24.0. The normalized spacial score (nSPS) is 11.3. The summed E-state index contributed by atoms with van der Waals surface area (Å²) in [6, 6.07) is 22.8. The summed E-state index contributed by atoms with van der Waals surface area (Å²) in [6.07, 6.45) is 1.62. The molecular formula is C30H30N2O3. The third-order valence-corrected chi connectivity index (χ3v) is 6.04. The molecule has 4 aromatic rings. The highest BCUT2D eigenvalue weighted by Gasteiger charge is 2.12. The predicted octanol–water partition coefficient (Wildman–Crippen LogP) is 6.63. The van der Waals surface area contributed by atoms with Gasteiger partial charge in [-0.2, -0.15) is 5.10 Å². The molecule has 0 saturated heterocycles. The lowest BCUT2D eigenvalue weighted by Crippen LogP contribution is -2.18. The van der Waals surface area contributed by atoms with Gasteiger partial charge in [0.25, 0.3) is 5.91 Å². The molecule has 0 heterocycles. The van der Waals surface area contributed by atoms with Gasteiger partial charge in [-0.25, -0.2) is 5.43 Å². The highest BCUT2D eigenvalue weighted by Crippen LogP contribution is 2.28. The molecule has 0 aliphatic rings. The van der Waals surface area contributed by atoms with Crippen LogP contribution in [0.4, 0.5) is 0 Å². The van der Waals surface area contributed by atoms with Crippen molar-refractivity contribution >= 4 is 22.9 Å². The molecule has 0 atom stereocenters. The smallest absolute Gasteiger partial charge is 0.271 e. The number of phenolic OH excluding ortho intramolecular Hbond substituents is 1. The number of carbonyl (C=O) groups excluding carboxylic acids is 1. The van der Waals surface area contributed by atoms with Gasteiger partial charge in [0.1, 0.15) is 18.1 Å². The Hall–Kier alpha value is -4.12. The second kappa shape index (κ2) is 10.4. The largest absolute Gasteiger partial charge is 0.507 e. The maximum atomic E-state index is 12.7. The van der Waals surface area contributed by atoms with E-state index in [-0.39, 0.29) is 11.7 Å². The molecule has 35 heavy (non-hydrogen) atoms. The van der Waals surface area contributed by atoms with Crippen LogP contribution in [0.25, 0.3) is 10.8 Å². The number of hydrogen-bond donors (Lipinski definition) is 2. The fourth-order valence-electron chi connectivity index (χ4n) is 4.15. The summed E-state index contributed by atoms with van der Waals surface area (Å²) >= 11 is 0. The summed E-state index contributed by atoms with van der Waals surface area (Å²) in [5.74, 6) is 1.17. The number of aromatic hydroxyl groups is 1. The molecule has 178 valence electrons. The van der Waals surface area contributed by atoms with Crippen molar-refractivity contribution in [2.24, 2.45) is 5.10 Å². The summed E-state index contributed by atoms with van der Waals surface area (Å²) in [6.45, 7) is 8.88. The first-order valence-electron chi connectivity index (χ1n) is 11.7. The van der Waals surface area contributed by atoms with Gasteiger partial charge in [0.2, 0.25) is 0 Å². The number of amides is 1. The molecule has 5 nitrogen and oxygen atoms in total. The number of hydrazone groups is 1. The zero-order valence-electron chi connectivity index (χ0n) is 20.5. The zero-order valence-corrected chi connectivity index (χ0v) is 20.5. The SMILES string of the molecule is Cc1cc(/C=N\NC(=O)c2ccc(O)c3ccccc23)cc(C)c1OCc1ccc(C(C)C)cc1. The van der Waals surface area contributed by atoms with Crippen molar-refractivity contribution in [2.75, 3.05) is 0 Å². The minimum Gasteiger partial charge on any atom is -0.507 e. The van der Waals surface area contributed by atoms with E-state index in [9.17, 15) is 9.90 Å². The zero-order chi connectivity index (χ0) is 24.9. The van der Waals surface area contributed by atoms with E-state index in [0.717, 1.165) is 28.0 Å². The van der Waals surface area contributed by atoms with Crippen molar-refractivity contribution in [2.45, 2.75) is 40.2 Å². The Morgan fingerprint density at radius 3 is 2.29 bits per heavy atom. The maximum absolute atomic E-state index is 12.7. The fraction of sp³-hybridized carbons (Fsp3) is 0.200. The summed E-state index contributed by atoms with van der Waals surface area (Å²) < 4.78 is 6.13. The molecule has 0 aliphatic heterocycles. The van der Waals surface area contributed by atoms with Crippen LogP contribution >= 0.6 is 0 Å². The predicted molar refractivity (Wildman–Crippen MR) is 141 cm³/mol. The molecule has 0 aromatic heterocycles. The fourth-order valence-corrected chi connectivity index (χ4v) is 4.15. The van der Waals surface area contributed by atoms with Gasteiger partial charge in [-0.15, -0.1) is 0 Å². The Morgan fingerprint density at radius 2 is 1.63 bits per heavy atom. The third kappa shape index (κ3) is 5.52. The van der Waals surface area contributed by atoms with Gasteiger partial charge >= 0.3 is 0 Å². The summed E-state index contributed by atoms with van der Waals surface area (Å²) in [4.78, 5) is 12.7. The Labute approximate surface area is 206 Å². The van der Waals surface area contributed by atoms with Gasteiger partial charge in [-0.3, -0.25) is 4.79 Å². The molecular weight excluding hydrogens is 436 g/mol. The van der Waals surface area contributed by atoms with E-state index in [4.69, 9.17) is 4.74 Å². The van der Waals surface area contributed by atoms with Crippen LogP contribution in [0.15, 0.2) is 77.9 Å². The monoisotopic (exact) mass is 466 g/mol. The van der Waals surface area contributed by atoms with E-state index in [1.165, 1.54) is 11.6 Å². The molecule has 0 unspecified atom stereocenters. The van der Waals surface area contributed by atoms with Crippen molar-refractivity contribution in [3.8, 4) is 11.5 Å². The lowest BCUT2D eigenvalue weighted by atomic mass is 10.0. The molecule has 1 amide bonds. The molecule has 0 aliphatic carbocycles. The van der Waals surface area contributed by atoms with Crippen LogP contribution in [0.1, 0.15) is 57.9 Å². The van der Waals surface area contributed by atoms with Crippen molar-refractivity contribution in [1.29, 1.82) is 0 Å². The Bertz CT molecular complexity index is 1370. The van der Waals surface area contributed by atoms with Gasteiger partial charge in [0.05, 0.1) is 6.21 Å². The Kier molecular flexibility index (Phi) is 7.16. The number of nitrogens with one attached hydrogen (secondary N) is 1. The molecule has 4 aromatic carbocycles. The minimum atomic E-state index is -0.339. The van der Waals surface area contributed by atoms with Crippen molar-refractivity contribution < 1.29 is 14.6 Å². The molecule has 2 N–H and O–H groups in total. The summed E-state index contributed by atoms with van der Waals surface area (Å²) in [5, 5.41) is 15.5. The maximum Gasteiger partial charge on any atom is 0.271 e. The van der Waals surface area contributed by atoms with E-state index in [1.54, 1.807) is 24.4 Å². The van der Waals surface area contributed by atoms with Crippen LogP contribution in [-0.4, -0.2) is 17.2 Å². The molecule has 0 fully saturated rings. The average molecular weight is 467 g/mol. The van der Waals surface area contributed by atoms with Crippen LogP contribution in [0, 0.1) is 13.8 Å². The van der Waals surface area contributed by atoms with Crippen LogP contribution in [0.5, 0.6) is 11.5 Å². The second-order valence-electron chi connectivity index (χ2n) is 9.05. The number of hydrogen-bond acceptors (Lipinski definition) is 4. The number of fused-ring (bicyclic) bond motifs is 1. The van der Waals surface area contributed by atoms with E-state index in [2.05, 4.69) is 48.6 Å². The topological polar surface area (TPSA) is 70.9 Å². The average Bonchev–Trinajstić information content (AvgIpc) is 2.84. The number of nitrogens with zero attached hydrogens (tertiary/aromatic N) is 1. The van der Waals surface area contributed by atoms with Crippen LogP contribution in [0.3, 0.4) is 0 Å². The summed E-state index contributed by atoms with van der Waals surface area (Å²) in [5.41, 5.74) is 8.35. The van der Waals surface area contributed by atoms with E-state index < -0.39 is 0 Å². The Balaban J connectivity index is 1.42. The number of benzene rings is 4. The standard InChI is InChI=1S/C30H30N2O3/c1-19(2)24-11-9-22(10-12-24)18-35-29-20(3)15-23(16-21(29)4)17-31-32-30(34)27-13-14-28(33)26-8-6-5-7-25(26)27/h5-17,19,33H,18H2,1-4H3,(H,32,34)/b31-17-. The number of aryl methyl sites for hydroxylation is 2. The van der Waals surface area contributed by atoms with Crippen LogP contribution in [0.2, 0.25) is 0 Å². The molecule has 0 spiro atoms. The molecule has 0 bridgehead atoms. The molecule has 5 heteroatoms. The third-order valence-electron chi connectivity index (χ3n) is 6.04. The van der Waals surface area contributed by atoms with Crippen LogP contribution < -0.4 is 10.2 Å². The quantitative estimate of drug-likeness (QED) is 0.237. The van der Waals surface area contributed by atoms with E-state index >= 15 is 0 Å². The second-order valence-corrected chi connectivity index (χ2v) is 9.05. The van der Waals surface area contributed by atoms with Gasteiger partial charge in [0, 0.05) is 10.9 Å². The van der Waals surface area contributed by atoms with Crippen molar-refractivity contribution in [3.63, 3.8) is 0 Å². The van der Waals surface area contributed by atoms with Crippen molar-refractivity contribution in [1.82, 2.24) is 5.43 Å². The highest BCUT2D eigenvalue weighted by molar-refractivity contribution is 6.08. The summed E-state index contributed by atoms with van der Waals surface area (Å²) in [7, 11) is 0. The van der Waals surface area contributed by atoms with Gasteiger partial charge in [0.15, 0.2) is 0 Å². The first-order valence-corrected chi connectivity index (χ1v) is 11.7. The number of carbonyl (C=O) groups is 1. The molecule has 4 rings (SSSR count). The lowest BCUT2D eigenvalue weighted by molar-refractivity contribution is 0.0957. The van der Waals surface area contributed by atoms with Crippen molar-refractivity contribution in [3.05, 3.63) is 106 Å². The van der Waals surface area contributed by atoms with Crippen LogP contribution in [-0.2, 0) is 6.61 Å². The van der Waals surface area contributed by atoms with Gasteiger partial charge < -0.3 is 9.84 Å². The number of phenols is 1. The molecule has 0 saturated carbocycles. The molecule has 0 radical (unpaired) electrons. The minimum absolute atomic E-state index is 0.140. The number of ether oxygens (including phenoxy) is 1. The Morgan fingerprint density at radius 1 is 0.971 bits per heavy atom. The first-order chi connectivity index (χ1) is 16.8. The van der Waals surface area contributed by atoms with E-state index in [1.807, 2.05) is 38.1 Å². The lowest BCUT2D eigenvalue weighted by Gasteiger charge is -2.14. The van der Waals surface area contributed by atoms with Gasteiger partial charge in [-0.05, 0) is 77.2 Å². The highest BCUT2D eigenvalue weighted by atomic mass is 16.5. The van der Waals surface area contributed by atoms with Gasteiger partial charge in [-0.1, -0.05) is 62.4 Å². The van der Waals surface area contributed by atoms with E-state index in [0.29, 0.717) is 28.9 Å².